The van der Waals surface area contributed by atoms with Crippen molar-refractivity contribution in [3.63, 3.8) is 0 Å². The zero-order valence-corrected chi connectivity index (χ0v) is 12.2. The second-order valence-corrected chi connectivity index (χ2v) is 5.65. The smallest absolute Gasteiger partial charge is 0.152 e. The third-order valence-electron chi connectivity index (χ3n) is 3.24. The second kappa shape index (κ2) is 6.69. The monoisotopic (exact) mass is 247 g/mol. The summed E-state index contributed by atoms with van der Waals surface area (Å²) in [6.45, 7) is 9.02. The first-order valence-corrected chi connectivity index (χ1v) is 6.71. The molecule has 0 saturated heterocycles. The minimum absolute atomic E-state index is 0.00482. The number of hydrogen-bond donors (Lipinski definition) is 0. The van der Waals surface area contributed by atoms with Crippen molar-refractivity contribution in [2.24, 2.45) is 11.8 Å². The lowest BCUT2D eigenvalue weighted by Crippen LogP contribution is -2.43. The van der Waals surface area contributed by atoms with Gasteiger partial charge >= 0.3 is 0 Å². The van der Waals surface area contributed by atoms with Gasteiger partial charge in [-0.3, -0.25) is 9.69 Å². The van der Waals surface area contributed by atoms with E-state index in [1.165, 1.54) is 5.56 Å². The Morgan fingerprint density at radius 3 is 2.11 bits per heavy atom. The molecule has 0 N–H and O–H groups in total. The summed E-state index contributed by atoms with van der Waals surface area (Å²) in [6.07, 6.45) is 0. The van der Waals surface area contributed by atoms with E-state index in [4.69, 9.17) is 0 Å². The van der Waals surface area contributed by atoms with Crippen LogP contribution < -0.4 is 0 Å². The van der Waals surface area contributed by atoms with E-state index in [2.05, 4.69) is 30.9 Å². The molecule has 0 bridgehead atoms. The largest absolute Gasteiger partial charge is 0.298 e. The Bertz CT molecular complexity index is 370. The molecular formula is C16H25NO. The number of rotatable bonds is 6. The van der Waals surface area contributed by atoms with Gasteiger partial charge in [0.05, 0.1) is 6.04 Å². The third kappa shape index (κ3) is 3.95. The third-order valence-corrected chi connectivity index (χ3v) is 3.24. The van der Waals surface area contributed by atoms with Gasteiger partial charge in [0.15, 0.2) is 5.78 Å². The lowest BCUT2D eigenvalue weighted by molar-refractivity contribution is -0.128. The first kappa shape index (κ1) is 14.9. The highest BCUT2D eigenvalue weighted by atomic mass is 16.1. The molecule has 0 spiro atoms. The van der Waals surface area contributed by atoms with E-state index >= 15 is 0 Å². The van der Waals surface area contributed by atoms with Gasteiger partial charge in [-0.1, -0.05) is 58.0 Å². The number of carbonyl (C=O) groups is 1. The van der Waals surface area contributed by atoms with Crippen LogP contribution in [0.2, 0.25) is 0 Å². The summed E-state index contributed by atoms with van der Waals surface area (Å²) >= 11 is 0. The van der Waals surface area contributed by atoms with E-state index in [0.29, 0.717) is 11.7 Å². The van der Waals surface area contributed by atoms with Gasteiger partial charge in [-0.2, -0.15) is 0 Å². The molecule has 0 radical (unpaired) electrons. The van der Waals surface area contributed by atoms with E-state index in [0.717, 1.165) is 6.54 Å². The lowest BCUT2D eigenvalue weighted by atomic mass is 9.91. The zero-order valence-electron chi connectivity index (χ0n) is 12.2. The first-order chi connectivity index (χ1) is 8.43. The number of nitrogens with zero attached hydrogens (tertiary/aromatic N) is 1. The molecule has 1 unspecified atom stereocenters. The Morgan fingerprint density at radius 2 is 1.67 bits per heavy atom. The van der Waals surface area contributed by atoms with Crippen molar-refractivity contribution < 1.29 is 4.79 Å². The summed E-state index contributed by atoms with van der Waals surface area (Å²) in [7, 11) is 2.04. The van der Waals surface area contributed by atoms with Gasteiger partial charge in [0, 0.05) is 12.5 Å². The summed E-state index contributed by atoms with van der Waals surface area (Å²) in [4.78, 5) is 14.4. The highest BCUT2D eigenvalue weighted by Crippen LogP contribution is 2.17. The molecule has 1 aromatic rings. The molecule has 2 nitrogen and oxygen atoms in total. The Balaban J connectivity index is 2.78. The minimum atomic E-state index is 0.00482. The molecule has 18 heavy (non-hydrogen) atoms. The highest BCUT2D eigenvalue weighted by molar-refractivity contribution is 5.85. The molecule has 2 heteroatoms. The maximum Gasteiger partial charge on any atom is 0.152 e. The fraction of sp³-hybridized carbons (Fsp3) is 0.562. The lowest BCUT2D eigenvalue weighted by Gasteiger charge is -2.31. The van der Waals surface area contributed by atoms with Crippen molar-refractivity contribution >= 4 is 5.78 Å². The Morgan fingerprint density at radius 1 is 1.11 bits per heavy atom. The highest BCUT2D eigenvalue weighted by Gasteiger charge is 2.27. The SMILES string of the molecule is CC(C)C(=O)C(C(C)C)N(C)Cc1ccccc1. The number of Topliss-reactive ketones (excluding diaryl/α,β-unsaturated/α-hetero) is 1. The normalized spacial score (nSPS) is 13.3. The van der Waals surface area contributed by atoms with Gasteiger partial charge in [-0.25, -0.2) is 0 Å². The quantitative estimate of drug-likeness (QED) is 0.768. The maximum absolute atomic E-state index is 12.3. The van der Waals surface area contributed by atoms with Gasteiger partial charge in [-0.15, -0.1) is 0 Å². The summed E-state index contributed by atoms with van der Waals surface area (Å²) in [5.41, 5.74) is 1.25. The first-order valence-electron chi connectivity index (χ1n) is 6.71. The van der Waals surface area contributed by atoms with E-state index in [9.17, 15) is 4.79 Å². The molecule has 0 aliphatic heterocycles. The number of ketones is 1. The number of likely N-dealkylation sites (N-methyl/N-ethyl adjacent to an activating group) is 1. The predicted molar refractivity (Wildman–Crippen MR) is 76.4 cm³/mol. The summed E-state index contributed by atoms with van der Waals surface area (Å²) in [5.74, 6) is 0.771. The van der Waals surface area contributed by atoms with Crippen molar-refractivity contribution in [1.82, 2.24) is 4.90 Å². The molecule has 1 aromatic carbocycles. The molecule has 0 aliphatic carbocycles. The van der Waals surface area contributed by atoms with Crippen molar-refractivity contribution in [1.29, 1.82) is 0 Å². The average molecular weight is 247 g/mol. The molecule has 0 aromatic heterocycles. The number of benzene rings is 1. The zero-order chi connectivity index (χ0) is 13.7. The van der Waals surface area contributed by atoms with Crippen LogP contribution in [0.5, 0.6) is 0 Å². The van der Waals surface area contributed by atoms with Crippen molar-refractivity contribution in [2.75, 3.05) is 7.05 Å². The summed E-state index contributed by atoms with van der Waals surface area (Å²) < 4.78 is 0. The molecule has 0 aliphatic rings. The van der Waals surface area contributed by atoms with E-state index < -0.39 is 0 Å². The van der Waals surface area contributed by atoms with E-state index in [1.54, 1.807) is 0 Å². The van der Waals surface area contributed by atoms with Crippen LogP contribution in [0.25, 0.3) is 0 Å². The Hall–Kier alpha value is -1.15. The summed E-state index contributed by atoms with van der Waals surface area (Å²) in [6, 6.07) is 10.3. The molecule has 0 amide bonds. The van der Waals surface area contributed by atoms with Gasteiger partial charge < -0.3 is 0 Å². The average Bonchev–Trinajstić information content (AvgIpc) is 2.29. The predicted octanol–water partition coefficient (Wildman–Crippen LogP) is 3.37. The molecule has 0 fully saturated rings. The fourth-order valence-corrected chi connectivity index (χ4v) is 2.37. The molecule has 1 atom stereocenters. The van der Waals surface area contributed by atoms with Crippen LogP contribution in [0, 0.1) is 11.8 Å². The number of hydrogen-bond acceptors (Lipinski definition) is 2. The van der Waals surface area contributed by atoms with Crippen molar-refractivity contribution in [3.05, 3.63) is 35.9 Å². The van der Waals surface area contributed by atoms with Crippen molar-refractivity contribution in [2.45, 2.75) is 40.3 Å². The van der Waals surface area contributed by atoms with Gasteiger partial charge in [0.2, 0.25) is 0 Å². The van der Waals surface area contributed by atoms with E-state index in [-0.39, 0.29) is 12.0 Å². The van der Waals surface area contributed by atoms with Gasteiger partial charge in [0.1, 0.15) is 0 Å². The van der Waals surface area contributed by atoms with Crippen LogP contribution in [0.1, 0.15) is 33.3 Å². The second-order valence-electron chi connectivity index (χ2n) is 5.65. The van der Waals surface area contributed by atoms with E-state index in [1.807, 2.05) is 39.1 Å². The molecule has 1 rings (SSSR count). The molecule has 0 saturated carbocycles. The molecule has 100 valence electrons. The van der Waals surface area contributed by atoms with Crippen LogP contribution in [-0.2, 0) is 11.3 Å². The van der Waals surface area contributed by atoms with Crippen molar-refractivity contribution in [3.8, 4) is 0 Å². The van der Waals surface area contributed by atoms with Gasteiger partial charge in [0.25, 0.3) is 0 Å². The fourth-order valence-electron chi connectivity index (χ4n) is 2.37. The minimum Gasteiger partial charge on any atom is -0.298 e. The topological polar surface area (TPSA) is 20.3 Å². The molecular weight excluding hydrogens is 222 g/mol. The Kier molecular flexibility index (Phi) is 5.54. The van der Waals surface area contributed by atoms with Crippen LogP contribution in [0.15, 0.2) is 30.3 Å². The van der Waals surface area contributed by atoms with Crippen LogP contribution >= 0.6 is 0 Å². The van der Waals surface area contributed by atoms with Gasteiger partial charge in [-0.05, 0) is 18.5 Å². The standard InChI is InChI=1S/C16H25NO/c1-12(2)15(16(18)13(3)4)17(5)11-14-9-7-6-8-10-14/h6-10,12-13,15H,11H2,1-5H3. The summed E-state index contributed by atoms with van der Waals surface area (Å²) in [5, 5.41) is 0. The Labute approximate surface area is 111 Å². The maximum atomic E-state index is 12.3. The van der Waals surface area contributed by atoms with Crippen LogP contribution in [0.3, 0.4) is 0 Å². The van der Waals surface area contributed by atoms with Crippen LogP contribution in [-0.4, -0.2) is 23.8 Å². The van der Waals surface area contributed by atoms with Crippen LogP contribution in [0.4, 0.5) is 0 Å². The molecule has 0 heterocycles. The number of carbonyl (C=O) groups excluding carboxylic acids is 1.